The predicted octanol–water partition coefficient (Wildman–Crippen LogP) is 3.12. The van der Waals surface area contributed by atoms with Crippen LogP contribution in [0.5, 0.6) is 0 Å². The Balaban J connectivity index is 2.46. The fourth-order valence-electron chi connectivity index (χ4n) is 0.694. The summed E-state index contributed by atoms with van der Waals surface area (Å²) in [4.78, 5) is 3.89. The molecule has 0 aliphatic carbocycles. The van der Waals surface area contributed by atoms with Crippen molar-refractivity contribution in [3.8, 4) is 0 Å². The van der Waals surface area contributed by atoms with Crippen LogP contribution in [0.2, 0.25) is 0 Å². The van der Waals surface area contributed by atoms with Gasteiger partial charge in [0, 0.05) is 6.20 Å². The summed E-state index contributed by atoms with van der Waals surface area (Å²) in [6.45, 7) is -1.92. The van der Waals surface area contributed by atoms with Crippen LogP contribution in [0, 0.1) is 0 Å². The highest BCUT2D eigenvalue weighted by Crippen LogP contribution is 2.25. The molecule has 76 valence electrons. The van der Waals surface area contributed by atoms with E-state index in [1.165, 1.54) is 0 Å². The standard InChI is InChI=1S/C8H8BF3NS/c1-7(9(10,11)12)6-14-8-4-2-3-5-13-8/h2-5H,1,6H2/q-1. The van der Waals surface area contributed by atoms with Gasteiger partial charge in [-0.15, -0.1) is 23.8 Å². The molecule has 0 saturated heterocycles. The zero-order chi connectivity index (χ0) is 10.6. The van der Waals surface area contributed by atoms with Gasteiger partial charge in [-0.3, -0.25) is 0 Å². The summed E-state index contributed by atoms with van der Waals surface area (Å²) in [5, 5.41) is 0.578. The fraction of sp³-hybridized carbons (Fsp3) is 0.125. The molecule has 0 aliphatic heterocycles. The molecule has 1 nitrogen and oxygen atoms in total. The fourth-order valence-corrected chi connectivity index (χ4v) is 1.53. The predicted molar refractivity (Wildman–Crippen MR) is 53.2 cm³/mol. The van der Waals surface area contributed by atoms with E-state index in [9.17, 15) is 12.9 Å². The summed E-state index contributed by atoms with van der Waals surface area (Å²) in [6, 6.07) is 5.12. The van der Waals surface area contributed by atoms with Crippen molar-refractivity contribution in [2.45, 2.75) is 5.03 Å². The van der Waals surface area contributed by atoms with Gasteiger partial charge in [-0.1, -0.05) is 6.07 Å². The third-order valence-corrected chi connectivity index (χ3v) is 2.56. The van der Waals surface area contributed by atoms with Crippen LogP contribution in [0.4, 0.5) is 12.9 Å². The van der Waals surface area contributed by atoms with Gasteiger partial charge >= 0.3 is 6.98 Å². The van der Waals surface area contributed by atoms with E-state index in [4.69, 9.17) is 0 Å². The molecule has 0 amide bonds. The normalized spacial score (nSPS) is 11.4. The van der Waals surface area contributed by atoms with Gasteiger partial charge in [-0.2, -0.15) is 0 Å². The van der Waals surface area contributed by atoms with Crippen molar-refractivity contribution in [3.63, 3.8) is 0 Å². The summed E-state index contributed by atoms with van der Waals surface area (Å²) in [5.41, 5.74) is -0.680. The molecule has 0 fully saturated rings. The van der Waals surface area contributed by atoms with Crippen molar-refractivity contribution >= 4 is 18.7 Å². The third kappa shape index (κ3) is 3.45. The number of aromatic nitrogens is 1. The van der Waals surface area contributed by atoms with Gasteiger partial charge in [-0.25, -0.2) is 4.98 Å². The average molecular weight is 218 g/mol. The number of hydrogen-bond donors (Lipinski definition) is 0. The second-order valence-corrected chi connectivity index (χ2v) is 3.69. The first kappa shape index (κ1) is 11.2. The molecule has 0 unspecified atom stereocenters. The average Bonchev–Trinajstić information content (AvgIpc) is 2.14. The molecule has 1 heterocycles. The molecule has 1 aromatic rings. The number of halogens is 3. The monoisotopic (exact) mass is 218 g/mol. The molecule has 0 atom stereocenters. The number of nitrogens with zero attached hydrogens (tertiary/aromatic N) is 1. The molecule has 0 N–H and O–H groups in total. The lowest BCUT2D eigenvalue weighted by atomic mass is 9.82. The molecule has 0 aromatic carbocycles. The smallest absolute Gasteiger partial charge is 0.445 e. The van der Waals surface area contributed by atoms with E-state index in [-0.39, 0.29) is 5.75 Å². The maximum Gasteiger partial charge on any atom is 0.505 e. The Hall–Kier alpha value is -0.905. The Bertz CT molecular complexity index is 312. The largest absolute Gasteiger partial charge is 0.505 e. The minimum Gasteiger partial charge on any atom is -0.445 e. The van der Waals surface area contributed by atoms with Gasteiger partial charge in [-0.05, 0) is 17.9 Å². The highest BCUT2D eigenvalue weighted by Gasteiger charge is 2.26. The molecule has 1 aromatic heterocycles. The first-order chi connectivity index (χ1) is 6.50. The lowest BCUT2D eigenvalue weighted by Crippen LogP contribution is -2.20. The Labute approximate surface area is 84.5 Å². The SMILES string of the molecule is C=C(CSc1ccccn1)[B-](F)(F)F. The topological polar surface area (TPSA) is 12.9 Å². The van der Waals surface area contributed by atoms with E-state index in [0.29, 0.717) is 5.03 Å². The highest BCUT2D eigenvalue weighted by molar-refractivity contribution is 7.99. The molecular formula is C8H8BF3NS-. The van der Waals surface area contributed by atoms with Gasteiger partial charge in [0.15, 0.2) is 0 Å². The van der Waals surface area contributed by atoms with E-state index in [0.717, 1.165) is 11.8 Å². The van der Waals surface area contributed by atoms with Crippen LogP contribution in [0.15, 0.2) is 41.5 Å². The molecule has 1 rings (SSSR count). The second kappa shape index (κ2) is 4.55. The van der Waals surface area contributed by atoms with Gasteiger partial charge in [0.05, 0.1) is 5.03 Å². The van der Waals surface area contributed by atoms with Crippen LogP contribution in [-0.4, -0.2) is 17.7 Å². The molecule has 0 aliphatic rings. The van der Waals surface area contributed by atoms with Crippen molar-refractivity contribution in [2.75, 3.05) is 5.75 Å². The quantitative estimate of drug-likeness (QED) is 0.568. The first-order valence-corrected chi connectivity index (χ1v) is 4.90. The summed E-state index contributed by atoms with van der Waals surface area (Å²) in [6.07, 6.45) is 1.55. The van der Waals surface area contributed by atoms with Crippen LogP contribution in [0.25, 0.3) is 0 Å². The van der Waals surface area contributed by atoms with Gasteiger partial charge < -0.3 is 12.9 Å². The number of thioether (sulfide) groups is 1. The molecule has 0 saturated carbocycles. The Morgan fingerprint density at radius 2 is 2.14 bits per heavy atom. The number of rotatable bonds is 4. The molecular weight excluding hydrogens is 210 g/mol. The third-order valence-electron chi connectivity index (χ3n) is 1.51. The van der Waals surface area contributed by atoms with Crippen molar-refractivity contribution in [2.24, 2.45) is 0 Å². The van der Waals surface area contributed by atoms with Crippen LogP contribution >= 0.6 is 11.8 Å². The maximum atomic E-state index is 12.1. The van der Waals surface area contributed by atoms with Crippen LogP contribution < -0.4 is 0 Å². The van der Waals surface area contributed by atoms with Crippen molar-refractivity contribution < 1.29 is 12.9 Å². The minimum absolute atomic E-state index is 0.152. The summed E-state index contributed by atoms with van der Waals surface area (Å²) < 4.78 is 36.2. The van der Waals surface area contributed by atoms with E-state index in [1.54, 1.807) is 24.4 Å². The highest BCUT2D eigenvalue weighted by atomic mass is 32.2. The van der Waals surface area contributed by atoms with E-state index < -0.39 is 12.4 Å². The molecule has 0 bridgehead atoms. The summed E-state index contributed by atoms with van der Waals surface area (Å²) in [7, 11) is 0. The van der Waals surface area contributed by atoms with Crippen LogP contribution in [0.3, 0.4) is 0 Å². The Morgan fingerprint density at radius 1 is 1.43 bits per heavy atom. The number of hydrogen-bond acceptors (Lipinski definition) is 2. The van der Waals surface area contributed by atoms with Crippen molar-refractivity contribution in [1.82, 2.24) is 4.98 Å². The molecule has 6 heteroatoms. The van der Waals surface area contributed by atoms with Gasteiger partial charge in [0.1, 0.15) is 0 Å². The molecule has 0 spiro atoms. The van der Waals surface area contributed by atoms with Crippen LogP contribution in [-0.2, 0) is 0 Å². The minimum atomic E-state index is -4.91. The summed E-state index contributed by atoms with van der Waals surface area (Å²) in [5.74, 6) is -0.152. The molecule has 0 radical (unpaired) electrons. The van der Waals surface area contributed by atoms with Crippen molar-refractivity contribution in [1.29, 1.82) is 0 Å². The summed E-state index contributed by atoms with van der Waals surface area (Å²) >= 11 is 1.04. The second-order valence-electron chi connectivity index (χ2n) is 2.69. The zero-order valence-electron chi connectivity index (χ0n) is 7.29. The zero-order valence-corrected chi connectivity index (χ0v) is 8.11. The lowest BCUT2D eigenvalue weighted by Gasteiger charge is -2.16. The molecule has 14 heavy (non-hydrogen) atoms. The van der Waals surface area contributed by atoms with Gasteiger partial charge in [0.25, 0.3) is 0 Å². The van der Waals surface area contributed by atoms with Crippen molar-refractivity contribution in [3.05, 3.63) is 36.4 Å². The van der Waals surface area contributed by atoms with Gasteiger partial charge in [0.2, 0.25) is 0 Å². The van der Waals surface area contributed by atoms with Crippen LogP contribution in [0.1, 0.15) is 0 Å². The van der Waals surface area contributed by atoms with E-state index >= 15 is 0 Å². The first-order valence-electron chi connectivity index (χ1n) is 3.91. The Kier molecular flexibility index (Phi) is 3.63. The van der Waals surface area contributed by atoms with E-state index in [1.807, 2.05) is 0 Å². The Morgan fingerprint density at radius 3 is 2.64 bits per heavy atom. The van der Waals surface area contributed by atoms with E-state index in [2.05, 4.69) is 11.6 Å². The maximum absolute atomic E-state index is 12.1. The lowest BCUT2D eigenvalue weighted by molar-refractivity contribution is 0.491. The number of pyridine rings is 1.